The monoisotopic (exact) mass is 303 g/mol. The van der Waals surface area contributed by atoms with Crippen LogP contribution in [0, 0.1) is 5.82 Å². The minimum Gasteiger partial charge on any atom is -0.394 e. The third-order valence-electron chi connectivity index (χ3n) is 2.72. The van der Waals surface area contributed by atoms with Crippen LogP contribution < -0.4 is 5.32 Å². The van der Waals surface area contributed by atoms with Gasteiger partial charge in [-0.1, -0.05) is 6.92 Å². The Labute approximate surface area is 108 Å². The third-order valence-corrected chi connectivity index (χ3v) is 3.41. The lowest BCUT2D eigenvalue weighted by molar-refractivity contribution is 0.0846. The van der Waals surface area contributed by atoms with Crippen LogP contribution in [-0.2, 0) is 0 Å². The fraction of sp³-hybridized carbons (Fsp3) is 0.417. The molecule has 1 rings (SSSR count). The predicted molar refractivity (Wildman–Crippen MR) is 67.3 cm³/mol. The number of benzene rings is 1. The Kier molecular flexibility index (Phi) is 4.65. The average molecular weight is 304 g/mol. The van der Waals surface area contributed by atoms with E-state index in [2.05, 4.69) is 21.2 Å². The number of nitrogens with one attached hydrogen (secondary N) is 1. The van der Waals surface area contributed by atoms with Crippen molar-refractivity contribution in [1.29, 1.82) is 0 Å². The minimum absolute atomic E-state index is 0.165. The zero-order valence-electron chi connectivity index (χ0n) is 9.76. The quantitative estimate of drug-likeness (QED) is 0.898. The van der Waals surface area contributed by atoms with E-state index in [0.29, 0.717) is 10.9 Å². The molecule has 1 aromatic carbocycles. The molecule has 1 amide bonds. The Morgan fingerprint density at radius 2 is 2.24 bits per heavy atom. The van der Waals surface area contributed by atoms with Crippen LogP contribution in [0.4, 0.5) is 4.39 Å². The maximum Gasteiger partial charge on any atom is 0.253 e. The summed E-state index contributed by atoms with van der Waals surface area (Å²) >= 11 is 3.19. The zero-order chi connectivity index (χ0) is 13.1. The summed E-state index contributed by atoms with van der Waals surface area (Å²) < 4.78 is 13.6. The normalized spacial score (nSPS) is 14.2. The van der Waals surface area contributed by atoms with Gasteiger partial charge in [-0.2, -0.15) is 0 Å². The summed E-state index contributed by atoms with van der Waals surface area (Å²) in [6.45, 7) is 3.43. The molecule has 1 atom stereocenters. The highest BCUT2D eigenvalue weighted by molar-refractivity contribution is 9.10. The van der Waals surface area contributed by atoms with Crippen molar-refractivity contribution in [1.82, 2.24) is 5.32 Å². The van der Waals surface area contributed by atoms with Crippen molar-refractivity contribution >= 4 is 21.8 Å². The highest BCUT2D eigenvalue weighted by Gasteiger charge is 2.24. The first-order valence-electron chi connectivity index (χ1n) is 5.30. The Morgan fingerprint density at radius 3 is 2.76 bits per heavy atom. The first-order chi connectivity index (χ1) is 7.91. The molecule has 0 saturated carbocycles. The topological polar surface area (TPSA) is 49.3 Å². The van der Waals surface area contributed by atoms with Gasteiger partial charge in [-0.3, -0.25) is 4.79 Å². The lowest BCUT2D eigenvalue weighted by Gasteiger charge is -2.27. The third kappa shape index (κ3) is 3.51. The molecule has 2 N–H and O–H groups in total. The molecule has 5 heteroatoms. The molecule has 0 aliphatic rings. The number of aliphatic hydroxyl groups is 1. The van der Waals surface area contributed by atoms with E-state index >= 15 is 0 Å². The fourth-order valence-corrected chi connectivity index (χ4v) is 1.68. The van der Waals surface area contributed by atoms with Crippen molar-refractivity contribution in [3.8, 4) is 0 Å². The summed E-state index contributed by atoms with van der Waals surface area (Å²) in [7, 11) is 0. The van der Waals surface area contributed by atoms with Crippen LogP contribution in [0.15, 0.2) is 22.7 Å². The van der Waals surface area contributed by atoms with Gasteiger partial charge in [0.25, 0.3) is 5.91 Å². The van der Waals surface area contributed by atoms with Gasteiger partial charge in [-0.15, -0.1) is 0 Å². The molecule has 1 aromatic rings. The van der Waals surface area contributed by atoms with E-state index in [1.54, 1.807) is 6.92 Å². The van der Waals surface area contributed by atoms with Crippen LogP contribution in [0.2, 0.25) is 0 Å². The number of carbonyl (C=O) groups is 1. The molecular formula is C12H15BrFNO2. The van der Waals surface area contributed by atoms with Crippen molar-refractivity contribution < 1.29 is 14.3 Å². The average Bonchev–Trinajstić information content (AvgIpc) is 2.32. The SMILES string of the molecule is CCC(C)(CO)NC(=O)c1cc(F)ccc1Br. The standard InChI is InChI=1S/C12H15BrFNO2/c1-3-12(2,7-16)15-11(17)9-6-8(14)4-5-10(9)13/h4-6,16H,3,7H2,1-2H3,(H,15,17). The van der Waals surface area contributed by atoms with E-state index in [0.717, 1.165) is 6.07 Å². The van der Waals surface area contributed by atoms with Crippen molar-refractivity contribution in [2.75, 3.05) is 6.61 Å². The number of carbonyl (C=O) groups excluding carboxylic acids is 1. The summed E-state index contributed by atoms with van der Waals surface area (Å²) in [6.07, 6.45) is 0.585. The van der Waals surface area contributed by atoms with Gasteiger partial charge in [0.05, 0.1) is 17.7 Å². The van der Waals surface area contributed by atoms with Crippen LogP contribution in [0.1, 0.15) is 30.6 Å². The van der Waals surface area contributed by atoms with Crippen LogP contribution in [0.3, 0.4) is 0 Å². The summed E-state index contributed by atoms with van der Waals surface area (Å²) in [5.41, 5.74) is -0.471. The second kappa shape index (κ2) is 5.60. The van der Waals surface area contributed by atoms with Crippen LogP contribution in [0.25, 0.3) is 0 Å². The molecule has 3 nitrogen and oxygen atoms in total. The molecule has 0 radical (unpaired) electrons. The first-order valence-corrected chi connectivity index (χ1v) is 6.09. The van der Waals surface area contributed by atoms with Gasteiger partial charge in [0.2, 0.25) is 0 Å². The van der Waals surface area contributed by atoms with E-state index < -0.39 is 17.3 Å². The first kappa shape index (κ1) is 14.1. The van der Waals surface area contributed by atoms with Gasteiger partial charge in [0.15, 0.2) is 0 Å². The molecule has 0 saturated heterocycles. The van der Waals surface area contributed by atoms with Crippen molar-refractivity contribution in [2.24, 2.45) is 0 Å². The smallest absolute Gasteiger partial charge is 0.253 e. The minimum atomic E-state index is -0.692. The Morgan fingerprint density at radius 1 is 1.59 bits per heavy atom. The highest BCUT2D eigenvalue weighted by Crippen LogP contribution is 2.19. The maximum atomic E-state index is 13.1. The van der Waals surface area contributed by atoms with Gasteiger partial charge in [-0.05, 0) is 47.5 Å². The number of hydrogen-bond donors (Lipinski definition) is 2. The van der Waals surface area contributed by atoms with E-state index in [-0.39, 0.29) is 12.2 Å². The van der Waals surface area contributed by atoms with Gasteiger partial charge in [-0.25, -0.2) is 4.39 Å². The Balaban J connectivity index is 2.94. The largest absolute Gasteiger partial charge is 0.394 e. The van der Waals surface area contributed by atoms with Gasteiger partial charge >= 0.3 is 0 Å². The van der Waals surface area contributed by atoms with Crippen molar-refractivity contribution in [3.63, 3.8) is 0 Å². The molecule has 0 spiro atoms. The Bertz CT molecular complexity index is 419. The second-order valence-electron chi connectivity index (χ2n) is 4.15. The molecule has 17 heavy (non-hydrogen) atoms. The van der Waals surface area contributed by atoms with E-state index in [1.165, 1.54) is 12.1 Å². The second-order valence-corrected chi connectivity index (χ2v) is 5.00. The van der Waals surface area contributed by atoms with E-state index in [4.69, 9.17) is 0 Å². The summed E-state index contributed by atoms with van der Waals surface area (Å²) in [4.78, 5) is 11.9. The van der Waals surface area contributed by atoms with Gasteiger partial charge in [0, 0.05) is 4.47 Å². The zero-order valence-corrected chi connectivity index (χ0v) is 11.3. The summed E-state index contributed by atoms with van der Waals surface area (Å²) in [6, 6.07) is 3.91. The summed E-state index contributed by atoms with van der Waals surface area (Å²) in [5.74, 6) is -0.879. The molecule has 1 unspecified atom stereocenters. The number of rotatable bonds is 4. The molecule has 0 aromatic heterocycles. The lowest BCUT2D eigenvalue weighted by Crippen LogP contribution is -2.48. The maximum absolute atomic E-state index is 13.1. The van der Waals surface area contributed by atoms with Crippen LogP contribution in [0.5, 0.6) is 0 Å². The number of hydrogen-bond acceptors (Lipinski definition) is 2. The molecule has 0 heterocycles. The number of amides is 1. The van der Waals surface area contributed by atoms with E-state index in [9.17, 15) is 14.3 Å². The predicted octanol–water partition coefficient (Wildman–Crippen LogP) is 2.48. The van der Waals surface area contributed by atoms with Crippen LogP contribution in [-0.4, -0.2) is 23.2 Å². The Hall–Kier alpha value is -0.940. The molecular weight excluding hydrogens is 289 g/mol. The summed E-state index contributed by atoms with van der Waals surface area (Å²) in [5, 5.41) is 11.9. The van der Waals surface area contributed by atoms with Crippen molar-refractivity contribution in [2.45, 2.75) is 25.8 Å². The molecule has 94 valence electrons. The van der Waals surface area contributed by atoms with Gasteiger partial charge < -0.3 is 10.4 Å². The molecule has 0 fully saturated rings. The molecule has 0 aliphatic heterocycles. The van der Waals surface area contributed by atoms with Crippen LogP contribution >= 0.6 is 15.9 Å². The number of aliphatic hydroxyl groups excluding tert-OH is 1. The van der Waals surface area contributed by atoms with Gasteiger partial charge in [0.1, 0.15) is 5.82 Å². The molecule has 0 bridgehead atoms. The van der Waals surface area contributed by atoms with Crippen molar-refractivity contribution in [3.05, 3.63) is 34.1 Å². The molecule has 0 aliphatic carbocycles. The van der Waals surface area contributed by atoms with E-state index in [1.807, 2.05) is 6.92 Å². The lowest BCUT2D eigenvalue weighted by atomic mass is 9.99. The number of halogens is 2. The highest BCUT2D eigenvalue weighted by atomic mass is 79.9. The fourth-order valence-electron chi connectivity index (χ4n) is 1.25.